The predicted octanol–water partition coefficient (Wildman–Crippen LogP) is 6.23. The summed E-state index contributed by atoms with van der Waals surface area (Å²) >= 11 is 7.01. The van der Waals surface area contributed by atoms with Gasteiger partial charge in [0.25, 0.3) is 0 Å². The van der Waals surface area contributed by atoms with E-state index in [1.54, 1.807) is 27.6 Å². The molecule has 0 radical (unpaired) electrons. The summed E-state index contributed by atoms with van der Waals surface area (Å²) in [7, 11) is 0. The maximum Gasteiger partial charge on any atom is 0.415 e. The van der Waals surface area contributed by atoms with Crippen LogP contribution in [0.25, 0.3) is 20.5 Å². The van der Waals surface area contributed by atoms with Crippen molar-refractivity contribution < 1.29 is 9.53 Å². The van der Waals surface area contributed by atoms with Crippen molar-refractivity contribution in [2.45, 2.75) is 13.8 Å². The van der Waals surface area contributed by atoms with Crippen molar-refractivity contribution in [1.29, 1.82) is 0 Å². The van der Waals surface area contributed by atoms with Crippen LogP contribution >= 0.6 is 38.6 Å². The number of nitrogens with zero attached hydrogens (tertiary/aromatic N) is 1. The highest BCUT2D eigenvalue weighted by molar-refractivity contribution is 9.10. The predicted molar refractivity (Wildman–Crippen MR) is 102 cm³/mol. The lowest BCUT2D eigenvalue weighted by Crippen LogP contribution is -2.33. The third kappa shape index (κ3) is 3.16. The molecule has 120 valence electrons. The van der Waals surface area contributed by atoms with Crippen LogP contribution in [0, 0.1) is 0 Å². The van der Waals surface area contributed by atoms with E-state index < -0.39 is 0 Å². The van der Waals surface area contributed by atoms with E-state index in [0.29, 0.717) is 18.8 Å². The highest BCUT2D eigenvalue weighted by atomic mass is 79.9. The molecule has 2 aromatic heterocycles. The number of halogens is 1. The number of fused-ring (bicyclic) bond motifs is 1. The van der Waals surface area contributed by atoms with Gasteiger partial charge in [-0.05, 0) is 52.7 Å². The Morgan fingerprint density at radius 1 is 1.26 bits per heavy atom. The summed E-state index contributed by atoms with van der Waals surface area (Å²) in [4.78, 5) is 15.1. The molecular weight excluding hydrogens is 394 g/mol. The summed E-state index contributed by atoms with van der Waals surface area (Å²) in [5, 5.41) is 5.26. The molecule has 0 aliphatic carbocycles. The van der Waals surface area contributed by atoms with E-state index in [0.717, 1.165) is 19.4 Å². The highest BCUT2D eigenvalue weighted by Crippen LogP contribution is 2.46. The molecule has 0 spiro atoms. The monoisotopic (exact) mass is 409 g/mol. The molecule has 0 saturated heterocycles. The minimum Gasteiger partial charge on any atom is -0.409 e. The van der Waals surface area contributed by atoms with Crippen LogP contribution in [0.3, 0.4) is 0 Å². The van der Waals surface area contributed by atoms with Gasteiger partial charge in [0.15, 0.2) is 5.75 Å². The first kappa shape index (κ1) is 16.5. The van der Waals surface area contributed by atoms with Crippen molar-refractivity contribution in [3.05, 3.63) is 39.5 Å². The number of ether oxygens (including phenoxy) is 1. The number of benzene rings is 1. The Morgan fingerprint density at radius 3 is 2.70 bits per heavy atom. The first-order valence-corrected chi connectivity index (χ1v) is 9.91. The summed E-state index contributed by atoms with van der Waals surface area (Å²) in [5.41, 5.74) is 1.18. The van der Waals surface area contributed by atoms with Gasteiger partial charge in [-0.3, -0.25) is 0 Å². The van der Waals surface area contributed by atoms with Gasteiger partial charge in [-0.15, -0.1) is 11.3 Å². The SMILES string of the molecule is CCN(CC)C(=O)Oc1cccc2c(Br)c(-c3ccsc3)sc12. The number of thiophene rings is 2. The van der Waals surface area contributed by atoms with E-state index in [2.05, 4.69) is 32.8 Å². The van der Waals surface area contributed by atoms with Crippen LogP contribution in [-0.4, -0.2) is 24.1 Å². The van der Waals surface area contributed by atoms with Crippen molar-refractivity contribution in [1.82, 2.24) is 4.90 Å². The molecule has 0 saturated carbocycles. The van der Waals surface area contributed by atoms with Crippen molar-refractivity contribution in [2.75, 3.05) is 13.1 Å². The molecule has 0 unspecified atom stereocenters. The second-order valence-corrected chi connectivity index (χ2v) is 7.52. The van der Waals surface area contributed by atoms with E-state index in [1.807, 2.05) is 32.0 Å². The van der Waals surface area contributed by atoms with E-state index in [1.165, 1.54) is 5.56 Å². The fourth-order valence-corrected chi connectivity index (χ4v) is 5.16. The Hall–Kier alpha value is -1.37. The molecule has 3 nitrogen and oxygen atoms in total. The van der Waals surface area contributed by atoms with Gasteiger partial charge < -0.3 is 9.64 Å². The van der Waals surface area contributed by atoms with Crippen LogP contribution in [0.4, 0.5) is 4.79 Å². The van der Waals surface area contributed by atoms with Gasteiger partial charge in [0.05, 0.1) is 9.58 Å². The van der Waals surface area contributed by atoms with Crippen LogP contribution in [0.1, 0.15) is 13.8 Å². The van der Waals surface area contributed by atoms with Crippen LogP contribution in [0.15, 0.2) is 39.5 Å². The Labute approximate surface area is 151 Å². The minimum absolute atomic E-state index is 0.302. The van der Waals surface area contributed by atoms with Crippen LogP contribution in [0.2, 0.25) is 0 Å². The first-order chi connectivity index (χ1) is 11.2. The average Bonchev–Trinajstić information content (AvgIpc) is 3.18. The van der Waals surface area contributed by atoms with Crippen molar-refractivity contribution >= 4 is 54.8 Å². The first-order valence-electron chi connectivity index (χ1n) is 7.36. The Morgan fingerprint density at radius 2 is 2.04 bits per heavy atom. The number of hydrogen-bond donors (Lipinski definition) is 0. The third-order valence-electron chi connectivity index (χ3n) is 3.62. The lowest BCUT2D eigenvalue weighted by molar-refractivity contribution is 0.158. The van der Waals surface area contributed by atoms with E-state index >= 15 is 0 Å². The summed E-state index contributed by atoms with van der Waals surface area (Å²) in [6.07, 6.45) is -0.302. The standard InChI is InChI=1S/C17H16BrNO2S2/c1-3-19(4-2)17(20)21-13-7-5-6-12-14(18)15(23-16(12)13)11-8-9-22-10-11/h5-10H,3-4H2,1-2H3. The fourth-order valence-electron chi connectivity index (χ4n) is 2.36. The van der Waals surface area contributed by atoms with E-state index in [4.69, 9.17) is 4.74 Å². The molecular formula is C17H16BrNO2S2. The second kappa shape index (κ2) is 7.03. The van der Waals surface area contributed by atoms with E-state index in [-0.39, 0.29) is 6.09 Å². The number of hydrogen-bond acceptors (Lipinski definition) is 4. The number of rotatable bonds is 4. The Kier molecular flexibility index (Phi) is 5.04. The van der Waals surface area contributed by atoms with Gasteiger partial charge in [0.1, 0.15) is 0 Å². The van der Waals surface area contributed by atoms with Crippen LogP contribution in [0.5, 0.6) is 5.75 Å². The summed E-state index contributed by atoms with van der Waals surface area (Å²) < 4.78 is 7.68. The average molecular weight is 410 g/mol. The molecule has 0 aliphatic heterocycles. The summed E-state index contributed by atoms with van der Waals surface area (Å²) in [5.74, 6) is 0.617. The fraction of sp³-hybridized carbons (Fsp3) is 0.235. The zero-order valence-corrected chi connectivity index (χ0v) is 16.1. The molecule has 0 aliphatic rings. The molecule has 0 atom stereocenters. The molecule has 3 rings (SSSR count). The third-order valence-corrected chi connectivity index (χ3v) is 6.66. The maximum atomic E-state index is 12.2. The van der Waals surface area contributed by atoms with Crippen LogP contribution in [-0.2, 0) is 0 Å². The second-order valence-electron chi connectivity index (χ2n) is 4.93. The van der Waals surface area contributed by atoms with Gasteiger partial charge in [-0.1, -0.05) is 12.1 Å². The number of carbonyl (C=O) groups is 1. The molecule has 2 heterocycles. The van der Waals surface area contributed by atoms with Crippen LogP contribution < -0.4 is 4.74 Å². The van der Waals surface area contributed by atoms with Crippen molar-refractivity contribution in [2.24, 2.45) is 0 Å². The lowest BCUT2D eigenvalue weighted by atomic mass is 10.2. The molecule has 23 heavy (non-hydrogen) atoms. The Balaban J connectivity index is 2.02. The molecule has 0 bridgehead atoms. The molecule has 6 heteroatoms. The molecule has 1 amide bonds. The summed E-state index contributed by atoms with van der Waals surface area (Å²) in [6.45, 7) is 5.17. The topological polar surface area (TPSA) is 29.5 Å². The molecule has 3 aromatic rings. The normalized spacial score (nSPS) is 10.9. The number of carbonyl (C=O) groups excluding carboxylic acids is 1. The molecule has 0 N–H and O–H groups in total. The van der Waals surface area contributed by atoms with Gasteiger partial charge in [-0.2, -0.15) is 11.3 Å². The minimum atomic E-state index is -0.302. The smallest absolute Gasteiger partial charge is 0.409 e. The van der Waals surface area contributed by atoms with Gasteiger partial charge in [-0.25, -0.2) is 4.79 Å². The highest BCUT2D eigenvalue weighted by Gasteiger charge is 2.18. The van der Waals surface area contributed by atoms with Crippen molar-refractivity contribution in [3.8, 4) is 16.2 Å². The zero-order valence-electron chi connectivity index (χ0n) is 12.8. The van der Waals surface area contributed by atoms with Gasteiger partial charge >= 0.3 is 6.09 Å². The van der Waals surface area contributed by atoms with Gasteiger partial charge in [0.2, 0.25) is 0 Å². The molecule has 1 aromatic carbocycles. The quantitative estimate of drug-likeness (QED) is 0.510. The zero-order chi connectivity index (χ0) is 16.4. The maximum absolute atomic E-state index is 12.2. The van der Waals surface area contributed by atoms with E-state index in [9.17, 15) is 4.79 Å². The Bertz CT molecular complexity index is 823. The van der Waals surface area contributed by atoms with Gasteiger partial charge in [0, 0.05) is 28.5 Å². The van der Waals surface area contributed by atoms with Crippen molar-refractivity contribution in [3.63, 3.8) is 0 Å². The molecule has 0 fully saturated rings. The summed E-state index contributed by atoms with van der Waals surface area (Å²) in [6, 6.07) is 7.91. The lowest BCUT2D eigenvalue weighted by Gasteiger charge is -2.18. The number of amides is 1. The largest absolute Gasteiger partial charge is 0.415 e.